The standard InChI is InChI=1S/C8H8O3/c9-5-7-8(10)4-2-1-3-6(8)11-7/h1-7,10H. The number of hydrogen-bond donors (Lipinski definition) is 1. The molecule has 3 atom stereocenters. The predicted octanol–water partition coefficient (Wildman–Crippen LogP) is -0.190. The van der Waals surface area contributed by atoms with Crippen LogP contribution in [0.5, 0.6) is 0 Å². The zero-order valence-electron chi connectivity index (χ0n) is 5.81. The highest BCUT2D eigenvalue weighted by molar-refractivity contribution is 5.63. The molecule has 3 unspecified atom stereocenters. The zero-order valence-corrected chi connectivity index (χ0v) is 5.81. The van der Waals surface area contributed by atoms with Crippen molar-refractivity contribution in [2.75, 3.05) is 0 Å². The quantitative estimate of drug-likeness (QED) is 0.530. The smallest absolute Gasteiger partial charge is 0.152 e. The van der Waals surface area contributed by atoms with E-state index in [9.17, 15) is 9.90 Å². The molecule has 58 valence electrons. The maximum atomic E-state index is 10.3. The molecule has 2 aliphatic rings. The summed E-state index contributed by atoms with van der Waals surface area (Å²) in [4.78, 5) is 10.3. The van der Waals surface area contributed by atoms with Gasteiger partial charge in [0, 0.05) is 0 Å². The summed E-state index contributed by atoms with van der Waals surface area (Å²) in [7, 11) is 0. The highest BCUT2D eigenvalue weighted by Gasteiger charge is 2.53. The lowest BCUT2D eigenvalue weighted by molar-refractivity contribution is -0.234. The van der Waals surface area contributed by atoms with E-state index >= 15 is 0 Å². The van der Waals surface area contributed by atoms with Crippen molar-refractivity contribution in [2.24, 2.45) is 0 Å². The Labute approximate surface area is 64.0 Å². The SMILES string of the molecule is O=CC1OC2C=CC=CC12O. The largest absolute Gasteiger partial charge is 0.379 e. The minimum atomic E-state index is -1.07. The Bertz CT molecular complexity index is 238. The second-order valence-corrected chi connectivity index (χ2v) is 2.74. The first-order valence-corrected chi connectivity index (χ1v) is 3.46. The van der Waals surface area contributed by atoms with Gasteiger partial charge >= 0.3 is 0 Å². The number of aldehydes is 1. The molecule has 0 amide bonds. The number of aliphatic hydroxyl groups is 1. The first-order chi connectivity index (χ1) is 5.27. The van der Waals surface area contributed by atoms with Crippen molar-refractivity contribution in [2.45, 2.75) is 17.8 Å². The summed E-state index contributed by atoms with van der Waals surface area (Å²) in [5.41, 5.74) is -1.07. The fraction of sp³-hybridized carbons (Fsp3) is 0.375. The van der Waals surface area contributed by atoms with E-state index < -0.39 is 11.7 Å². The fourth-order valence-corrected chi connectivity index (χ4v) is 1.37. The van der Waals surface area contributed by atoms with Gasteiger partial charge in [0.25, 0.3) is 0 Å². The molecule has 3 heteroatoms. The normalized spacial score (nSPS) is 46.3. The monoisotopic (exact) mass is 152 g/mol. The van der Waals surface area contributed by atoms with Crippen LogP contribution in [0.3, 0.4) is 0 Å². The molecular formula is C8H8O3. The molecule has 0 radical (unpaired) electrons. The number of rotatable bonds is 1. The van der Waals surface area contributed by atoms with Gasteiger partial charge in [0.15, 0.2) is 6.29 Å². The molecule has 1 aliphatic heterocycles. The van der Waals surface area contributed by atoms with Crippen molar-refractivity contribution < 1.29 is 14.6 Å². The Hall–Kier alpha value is -0.930. The number of fused-ring (bicyclic) bond motifs is 1. The highest BCUT2D eigenvalue weighted by atomic mass is 16.6. The van der Waals surface area contributed by atoms with Crippen molar-refractivity contribution in [3.8, 4) is 0 Å². The topological polar surface area (TPSA) is 46.5 Å². The summed E-state index contributed by atoms with van der Waals surface area (Å²) in [6.45, 7) is 0. The van der Waals surface area contributed by atoms with Gasteiger partial charge in [0.1, 0.15) is 17.8 Å². The Balaban J connectivity index is 2.25. The van der Waals surface area contributed by atoms with Crippen LogP contribution in [0.4, 0.5) is 0 Å². The van der Waals surface area contributed by atoms with E-state index in [0.717, 1.165) is 0 Å². The molecule has 0 aromatic carbocycles. The summed E-state index contributed by atoms with van der Waals surface area (Å²) in [5.74, 6) is 0. The Morgan fingerprint density at radius 1 is 1.55 bits per heavy atom. The molecule has 0 aromatic heterocycles. The Morgan fingerprint density at radius 3 is 3.00 bits per heavy atom. The molecular weight excluding hydrogens is 144 g/mol. The first-order valence-electron chi connectivity index (χ1n) is 3.46. The van der Waals surface area contributed by atoms with Crippen LogP contribution >= 0.6 is 0 Å². The summed E-state index contributed by atoms with van der Waals surface area (Å²) >= 11 is 0. The van der Waals surface area contributed by atoms with Gasteiger partial charge in [-0.1, -0.05) is 18.2 Å². The molecule has 0 spiro atoms. The fourth-order valence-electron chi connectivity index (χ4n) is 1.37. The molecule has 0 saturated carbocycles. The highest BCUT2D eigenvalue weighted by Crippen LogP contribution is 2.36. The van der Waals surface area contributed by atoms with Crippen molar-refractivity contribution in [1.29, 1.82) is 0 Å². The van der Waals surface area contributed by atoms with E-state index in [-0.39, 0.29) is 6.10 Å². The van der Waals surface area contributed by atoms with Gasteiger partial charge < -0.3 is 14.6 Å². The van der Waals surface area contributed by atoms with Gasteiger partial charge in [0.2, 0.25) is 0 Å². The van der Waals surface area contributed by atoms with Crippen molar-refractivity contribution >= 4 is 6.29 Å². The number of ether oxygens (including phenoxy) is 1. The maximum Gasteiger partial charge on any atom is 0.152 e. The van der Waals surface area contributed by atoms with Gasteiger partial charge in [-0.3, -0.25) is 0 Å². The summed E-state index contributed by atoms with van der Waals surface area (Å²) in [6, 6.07) is 0. The van der Waals surface area contributed by atoms with Gasteiger partial charge in [-0.25, -0.2) is 0 Å². The van der Waals surface area contributed by atoms with Crippen LogP contribution in [0.1, 0.15) is 0 Å². The van der Waals surface area contributed by atoms with Crippen LogP contribution in [0.15, 0.2) is 24.3 Å². The van der Waals surface area contributed by atoms with E-state index in [1.54, 1.807) is 24.3 Å². The lowest BCUT2D eigenvalue weighted by atomic mass is 9.82. The van der Waals surface area contributed by atoms with Crippen LogP contribution in [0, 0.1) is 0 Å². The molecule has 1 N–H and O–H groups in total. The Morgan fingerprint density at radius 2 is 2.36 bits per heavy atom. The molecule has 1 aliphatic carbocycles. The summed E-state index contributed by atoms with van der Waals surface area (Å²) in [6.07, 6.45) is 6.45. The Kier molecular flexibility index (Phi) is 1.25. The van der Waals surface area contributed by atoms with Crippen LogP contribution in [0.25, 0.3) is 0 Å². The van der Waals surface area contributed by atoms with Crippen LogP contribution < -0.4 is 0 Å². The van der Waals surface area contributed by atoms with E-state index in [1.807, 2.05) is 0 Å². The van der Waals surface area contributed by atoms with E-state index in [1.165, 1.54) is 0 Å². The van der Waals surface area contributed by atoms with Gasteiger partial charge in [-0.15, -0.1) is 0 Å². The summed E-state index contributed by atoms with van der Waals surface area (Å²) in [5, 5.41) is 9.70. The average molecular weight is 152 g/mol. The average Bonchev–Trinajstić information content (AvgIpc) is 1.99. The molecule has 2 rings (SSSR count). The minimum absolute atomic E-state index is 0.331. The number of carbonyl (C=O) groups excluding carboxylic acids is 1. The third-order valence-electron chi connectivity index (χ3n) is 2.09. The summed E-state index contributed by atoms with van der Waals surface area (Å²) < 4.78 is 5.04. The third-order valence-corrected chi connectivity index (χ3v) is 2.09. The van der Waals surface area contributed by atoms with E-state index in [2.05, 4.69) is 0 Å². The maximum absolute atomic E-state index is 10.3. The molecule has 1 fully saturated rings. The van der Waals surface area contributed by atoms with Crippen molar-refractivity contribution in [3.63, 3.8) is 0 Å². The molecule has 0 aromatic rings. The van der Waals surface area contributed by atoms with E-state index in [0.29, 0.717) is 6.29 Å². The van der Waals surface area contributed by atoms with Crippen LogP contribution in [-0.2, 0) is 9.53 Å². The van der Waals surface area contributed by atoms with Gasteiger partial charge in [-0.05, 0) is 6.08 Å². The molecule has 1 heterocycles. The first kappa shape index (κ1) is 6.76. The minimum Gasteiger partial charge on any atom is -0.379 e. The number of hydrogen-bond acceptors (Lipinski definition) is 3. The lowest BCUT2D eigenvalue weighted by Crippen LogP contribution is -2.64. The van der Waals surface area contributed by atoms with Gasteiger partial charge in [-0.2, -0.15) is 0 Å². The van der Waals surface area contributed by atoms with Crippen molar-refractivity contribution in [1.82, 2.24) is 0 Å². The van der Waals surface area contributed by atoms with Crippen molar-refractivity contribution in [3.05, 3.63) is 24.3 Å². The molecule has 0 bridgehead atoms. The third kappa shape index (κ3) is 0.721. The number of allylic oxidation sites excluding steroid dienone is 2. The number of carbonyl (C=O) groups is 1. The molecule has 1 saturated heterocycles. The van der Waals surface area contributed by atoms with Crippen LogP contribution in [0.2, 0.25) is 0 Å². The van der Waals surface area contributed by atoms with Gasteiger partial charge in [0.05, 0.1) is 0 Å². The zero-order chi connectivity index (χ0) is 7.90. The second-order valence-electron chi connectivity index (χ2n) is 2.74. The van der Waals surface area contributed by atoms with E-state index in [4.69, 9.17) is 4.74 Å². The lowest BCUT2D eigenvalue weighted by Gasteiger charge is -2.47. The second kappa shape index (κ2) is 2.03. The molecule has 3 nitrogen and oxygen atoms in total. The van der Waals surface area contributed by atoms with Crippen LogP contribution in [-0.4, -0.2) is 29.2 Å². The molecule has 11 heavy (non-hydrogen) atoms. The predicted molar refractivity (Wildman–Crippen MR) is 38.0 cm³/mol.